The predicted octanol–water partition coefficient (Wildman–Crippen LogP) is 1.28. The van der Waals surface area contributed by atoms with Crippen LogP contribution in [0.1, 0.15) is 39.5 Å². The molecular weight excluding hydrogens is 206 g/mol. The lowest BCUT2D eigenvalue weighted by Crippen LogP contribution is -2.49. The van der Waals surface area contributed by atoms with E-state index in [1.165, 1.54) is 12.8 Å². The van der Waals surface area contributed by atoms with Gasteiger partial charge in [0.15, 0.2) is 6.29 Å². The maximum absolute atomic E-state index is 9.45. The van der Waals surface area contributed by atoms with E-state index in [0.29, 0.717) is 19.8 Å². The van der Waals surface area contributed by atoms with E-state index in [0.717, 1.165) is 12.8 Å². The third-order valence-electron chi connectivity index (χ3n) is 3.21. The lowest BCUT2D eigenvalue weighted by atomic mass is 9.99. The zero-order chi connectivity index (χ0) is 11.9. The minimum atomic E-state index is -0.195. The molecule has 0 aromatic rings. The van der Waals surface area contributed by atoms with Gasteiger partial charge in [0.2, 0.25) is 0 Å². The fourth-order valence-corrected chi connectivity index (χ4v) is 2.28. The molecule has 16 heavy (non-hydrogen) atoms. The molecule has 0 bridgehead atoms. The van der Waals surface area contributed by atoms with Crippen LogP contribution in [0.15, 0.2) is 0 Å². The number of hydrogen-bond donors (Lipinski definition) is 2. The molecule has 1 saturated carbocycles. The molecule has 0 aliphatic heterocycles. The molecule has 0 spiro atoms. The van der Waals surface area contributed by atoms with Crippen LogP contribution in [0.3, 0.4) is 0 Å². The van der Waals surface area contributed by atoms with Gasteiger partial charge in [-0.2, -0.15) is 0 Å². The normalized spacial score (nSPS) is 19.5. The number of nitrogens with one attached hydrogen (secondary N) is 1. The molecule has 0 aromatic heterocycles. The summed E-state index contributed by atoms with van der Waals surface area (Å²) in [6.07, 6.45) is 4.30. The van der Waals surface area contributed by atoms with Crippen LogP contribution in [0.2, 0.25) is 0 Å². The van der Waals surface area contributed by atoms with Crippen LogP contribution in [0.4, 0.5) is 0 Å². The zero-order valence-electron chi connectivity index (χ0n) is 10.5. The van der Waals surface area contributed by atoms with Crippen molar-refractivity contribution in [3.8, 4) is 0 Å². The van der Waals surface area contributed by atoms with Crippen LogP contribution in [0.5, 0.6) is 0 Å². The van der Waals surface area contributed by atoms with Crippen LogP contribution in [0, 0.1) is 0 Å². The Kier molecular flexibility index (Phi) is 6.28. The highest BCUT2D eigenvalue weighted by molar-refractivity contribution is 4.92. The first-order valence-electron chi connectivity index (χ1n) is 6.35. The second kappa shape index (κ2) is 7.22. The first kappa shape index (κ1) is 13.9. The molecule has 1 aliphatic carbocycles. The van der Waals surface area contributed by atoms with Crippen LogP contribution >= 0.6 is 0 Å². The van der Waals surface area contributed by atoms with Gasteiger partial charge in [-0.3, -0.25) is 0 Å². The Bertz CT molecular complexity index is 175. The standard InChI is InChI=1S/C12H25NO3/c1-3-15-11(16-4-2)9-13-12(10-14)7-5-6-8-12/h11,13-14H,3-10H2,1-2H3. The van der Waals surface area contributed by atoms with Crippen molar-refractivity contribution in [2.24, 2.45) is 0 Å². The third kappa shape index (κ3) is 4.01. The van der Waals surface area contributed by atoms with Gasteiger partial charge in [-0.05, 0) is 26.7 Å². The van der Waals surface area contributed by atoms with Gasteiger partial charge in [0, 0.05) is 25.3 Å². The van der Waals surface area contributed by atoms with E-state index in [9.17, 15) is 5.11 Å². The van der Waals surface area contributed by atoms with E-state index >= 15 is 0 Å². The Labute approximate surface area is 98.3 Å². The van der Waals surface area contributed by atoms with Crippen molar-refractivity contribution in [2.75, 3.05) is 26.4 Å². The highest BCUT2D eigenvalue weighted by Crippen LogP contribution is 2.29. The summed E-state index contributed by atoms with van der Waals surface area (Å²) in [6, 6.07) is 0. The number of hydrogen-bond acceptors (Lipinski definition) is 4. The van der Waals surface area contributed by atoms with Crippen molar-refractivity contribution in [2.45, 2.75) is 51.4 Å². The second-order valence-corrected chi connectivity index (χ2v) is 4.37. The van der Waals surface area contributed by atoms with Crippen LogP contribution in [0.25, 0.3) is 0 Å². The smallest absolute Gasteiger partial charge is 0.169 e. The molecule has 1 aliphatic rings. The summed E-state index contributed by atoms with van der Waals surface area (Å²) in [5.41, 5.74) is -0.0908. The summed E-state index contributed by atoms with van der Waals surface area (Å²) in [5, 5.41) is 12.9. The molecule has 0 saturated heterocycles. The fraction of sp³-hybridized carbons (Fsp3) is 1.00. The predicted molar refractivity (Wildman–Crippen MR) is 63.3 cm³/mol. The molecule has 4 heteroatoms. The van der Waals surface area contributed by atoms with Crippen LogP contribution < -0.4 is 5.32 Å². The summed E-state index contributed by atoms with van der Waals surface area (Å²) in [6.45, 7) is 6.09. The van der Waals surface area contributed by atoms with E-state index < -0.39 is 0 Å². The second-order valence-electron chi connectivity index (χ2n) is 4.37. The zero-order valence-corrected chi connectivity index (χ0v) is 10.5. The largest absolute Gasteiger partial charge is 0.394 e. The molecule has 0 amide bonds. The molecule has 0 unspecified atom stereocenters. The summed E-state index contributed by atoms with van der Waals surface area (Å²) < 4.78 is 10.9. The van der Waals surface area contributed by atoms with Crippen molar-refractivity contribution >= 4 is 0 Å². The molecule has 4 nitrogen and oxygen atoms in total. The van der Waals surface area contributed by atoms with Crippen LogP contribution in [-0.4, -0.2) is 43.3 Å². The number of rotatable bonds is 8. The average Bonchev–Trinajstić information content (AvgIpc) is 2.76. The van der Waals surface area contributed by atoms with Gasteiger partial charge >= 0.3 is 0 Å². The van der Waals surface area contributed by atoms with Crippen molar-refractivity contribution < 1.29 is 14.6 Å². The molecule has 0 radical (unpaired) electrons. The Morgan fingerprint density at radius 3 is 2.19 bits per heavy atom. The Balaban J connectivity index is 2.34. The van der Waals surface area contributed by atoms with Crippen molar-refractivity contribution in [1.29, 1.82) is 0 Å². The van der Waals surface area contributed by atoms with Crippen molar-refractivity contribution in [3.63, 3.8) is 0 Å². The molecule has 96 valence electrons. The van der Waals surface area contributed by atoms with Crippen LogP contribution in [-0.2, 0) is 9.47 Å². The topological polar surface area (TPSA) is 50.7 Å². The summed E-state index contributed by atoms with van der Waals surface area (Å²) in [4.78, 5) is 0. The lowest BCUT2D eigenvalue weighted by molar-refractivity contribution is -0.136. The summed E-state index contributed by atoms with van der Waals surface area (Å²) in [5.74, 6) is 0. The molecule has 0 heterocycles. The minimum absolute atomic E-state index is 0.0908. The van der Waals surface area contributed by atoms with Gasteiger partial charge in [-0.1, -0.05) is 12.8 Å². The Morgan fingerprint density at radius 2 is 1.75 bits per heavy atom. The minimum Gasteiger partial charge on any atom is -0.394 e. The molecule has 1 rings (SSSR count). The number of aliphatic hydroxyl groups excluding tert-OH is 1. The molecule has 2 N–H and O–H groups in total. The Morgan fingerprint density at radius 1 is 1.19 bits per heavy atom. The fourth-order valence-electron chi connectivity index (χ4n) is 2.28. The van der Waals surface area contributed by atoms with Gasteiger partial charge in [0.1, 0.15) is 0 Å². The van der Waals surface area contributed by atoms with E-state index in [2.05, 4.69) is 5.32 Å². The highest BCUT2D eigenvalue weighted by Gasteiger charge is 2.33. The van der Waals surface area contributed by atoms with E-state index in [-0.39, 0.29) is 18.4 Å². The SMILES string of the molecule is CCOC(CNC1(CO)CCCC1)OCC. The quantitative estimate of drug-likeness (QED) is 0.618. The molecule has 1 fully saturated rings. The summed E-state index contributed by atoms with van der Waals surface area (Å²) >= 11 is 0. The van der Waals surface area contributed by atoms with E-state index in [1.807, 2.05) is 13.8 Å². The van der Waals surface area contributed by atoms with Gasteiger partial charge < -0.3 is 19.9 Å². The number of aliphatic hydroxyl groups is 1. The van der Waals surface area contributed by atoms with Crippen molar-refractivity contribution in [1.82, 2.24) is 5.32 Å². The van der Waals surface area contributed by atoms with Gasteiger partial charge in [-0.25, -0.2) is 0 Å². The van der Waals surface area contributed by atoms with E-state index in [4.69, 9.17) is 9.47 Å². The molecule has 0 aromatic carbocycles. The van der Waals surface area contributed by atoms with E-state index in [1.54, 1.807) is 0 Å². The maximum atomic E-state index is 9.45. The van der Waals surface area contributed by atoms with Gasteiger partial charge in [0.25, 0.3) is 0 Å². The first-order chi connectivity index (χ1) is 7.76. The average molecular weight is 231 g/mol. The maximum Gasteiger partial charge on any atom is 0.169 e. The number of ether oxygens (including phenoxy) is 2. The van der Waals surface area contributed by atoms with Crippen molar-refractivity contribution in [3.05, 3.63) is 0 Å². The molecular formula is C12H25NO3. The first-order valence-corrected chi connectivity index (χ1v) is 6.35. The highest BCUT2D eigenvalue weighted by atomic mass is 16.7. The summed E-state index contributed by atoms with van der Waals surface area (Å²) in [7, 11) is 0. The monoisotopic (exact) mass is 231 g/mol. The third-order valence-corrected chi connectivity index (χ3v) is 3.21. The molecule has 0 atom stereocenters. The Hall–Kier alpha value is -0.160. The van der Waals surface area contributed by atoms with Gasteiger partial charge in [0.05, 0.1) is 6.61 Å². The lowest BCUT2D eigenvalue weighted by Gasteiger charge is -2.30. The van der Waals surface area contributed by atoms with Gasteiger partial charge in [-0.15, -0.1) is 0 Å².